The molecule has 0 bridgehead atoms. The van der Waals surface area contributed by atoms with Gasteiger partial charge in [-0.15, -0.1) is 0 Å². The predicted molar refractivity (Wildman–Crippen MR) is 104 cm³/mol. The van der Waals surface area contributed by atoms with Gasteiger partial charge in [0.05, 0.1) is 11.4 Å². The third kappa shape index (κ3) is 4.44. The number of hydrogen-bond acceptors (Lipinski definition) is 3. The Morgan fingerprint density at radius 1 is 0.917 bits per heavy atom. The molecule has 0 saturated carbocycles. The van der Waals surface area contributed by atoms with Gasteiger partial charge in [0.15, 0.2) is 0 Å². The monoisotopic (exact) mass is 323 g/mol. The lowest BCUT2D eigenvalue weighted by Crippen LogP contribution is -2.21. The maximum absolute atomic E-state index is 4.43. The van der Waals surface area contributed by atoms with E-state index in [1.54, 1.807) is 0 Å². The minimum absolute atomic E-state index is 0.589. The molecule has 0 N–H and O–H groups in total. The van der Waals surface area contributed by atoms with Crippen LogP contribution >= 0.6 is 0 Å². The molecule has 0 heterocycles. The van der Waals surface area contributed by atoms with Gasteiger partial charge >= 0.3 is 0 Å². The third-order valence-corrected chi connectivity index (χ3v) is 4.66. The number of anilines is 1. The third-order valence-electron chi connectivity index (χ3n) is 4.66. The summed E-state index contributed by atoms with van der Waals surface area (Å²) in [5, 5.41) is 8.82. The van der Waals surface area contributed by atoms with E-state index in [-0.39, 0.29) is 0 Å². The van der Waals surface area contributed by atoms with Gasteiger partial charge in [0.2, 0.25) is 0 Å². The van der Waals surface area contributed by atoms with Crippen LogP contribution in [0.15, 0.2) is 52.7 Å². The quantitative estimate of drug-likeness (QED) is 0.517. The fourth-order valence-electron chi connectivity index (χ4n) is 2.75. The summed E-state index contributed by atoms with van der Waals surface area (Å²) in [5.41, 5.74) is 5.58. The van der Waals surface area contributed by atoms with Gasteiger partial charge in [-0.2, -0.15) is 10.2 Å². The van der Waals surface area contributed by atoms with E-state index in [0.29, 0.717) is 5.92 Å². The first-order valence-corrected chi connectivity index (χ1v) is 8.96. The van der Waals surface area contributed by atoms with E-state index >= 15 is 0 Å². The maximum atomic E-state index is 4.43. The van der Waals surface area contributed by atoms with Gasteiger partial charge in [-0.3, -0.25) is 0 Å². The zero-order chi connectivity index (χ0) is 17.5. The average molecular weight is 323 g/mol. The van der Waals surface area contributed by atoms with Crippen molar-refractivity contribution in [2.45, 2.75) is 47.0 Å². The second kappa shape index (κ2) is 8.62. The molecular weight excluding hydrogens is 294 g/mol. The van der Waals surface area contributed by atoms with Crippen molar-refractivity contribution in [3.05, 3.63) is 53.6 Å². The Balaban J connectivity index is 2.14. The van der Waals surface area contributed by atoms with Crippen molar-refractivity contribution < 1.29 is 0 Å². The summed E-state index contributed by atoms with van der Waals surface area (Å²) >= 11 is 0. The van der Waals surface area contributed by atoms with Gasteiger partial charge < -0.3 is 4.90 Å². The normalized spacial score (nSPS) is 12.5. The standard InChI is InChI=1S/C21H29N3/c1-6-16(4)18-9-11-19(12-10-18)22-23-21-14-13-20(15-17(21)5)24(7-2)8-3/h9-16H,6-8H2,1-5H3. The highest BCUT2D eigenvalue weighted by atomic mass is 15.1. The van der Waals surface area contributed by atoms with Gasteiger partial charge in [-0.1, -0.05) is 26.0 Å². The first kappa shape index (κ1) is 18.2. The Kier molecular flexibility index (Phi) is 6.53. The molecule has 0 spiro atoms. The summed E-state index contributed by atoms with van der Waals surface area (Å²) in [6.45, 7) is 12.9. The molecule has 0 aliphatic carbocycles. The van der Waals surface area contributed by atoms with Crippen LogP contribution in [0, 0.1) is 6.92 Å². The van der Waals surface area contributed by atoms with E-state index in [9.17, 15) is 0 Å². The smallest absolute Gasteiger partial charge is 0.0887 e. The average Bonchev–Trinajstić information content (AvgIpc) is 2.62. The Bertz CT molecular complexity index is 670. The molecule has 0 radical (unpaired) electrons. The fraction of sp³-hybridized carbons (Fsp3) is 0.429. The van der Waals surface area contributed by atoms with E-state index in [2.05, 4.69) is 80.1 Å². The molecule has 0 saturated heterocycles. The zero-order valence-corrected chi connectivity index (χ0v) is 15.6. The molecule has 0 aliphatic heterocycles. The Hall–Kier alpha value is -2.16. The molecule has 24 heavy (non-hydrogen) atoms. The van der Waals surface area contributed by atoms with Crippen LogP contribution in [0.2, 0.25) is 0 Å². The van der Waals surface area contributed by atoms with E-state index in [1.165, 1.54) is 11.3 Å². The largest absolute Gasteiger partial charge is 0.372 e. The van der Waals surface area contributed by atoms with E-state index in [1.807, 2.05) is 12.1 Å². The number of rotatable bonds is 7. The number of aryl methyl sites for hydroxylation is 1. The van der Waals surface area contributed by atoms with Crippen molar-refractivity contribution in [1.29, 1.82) is 0 Å². The Labute approximate surface area is 146 Å². The topological polar surface area (TPSA) is 28.0 Å². The molecule has 3 nitrogen and oxygen atoms in total. The summed E-state index contributed by atoms with van der Waals surface area (Å²) in [4.78, 5) is 2.33. The second-order valence-corrected chi connectivity index (χ2v) is 6.24. The molecule has 2 aromatic carbocycles. The van der Waals surface area contributed by atoms with Crippen LogP contribution in [0.3, 0.4) is 0 Å². The van der Waals surface area contributed by atoms with Crippen molar-refractivity contribution in [3.63, 3.8) is 0 Å². The van der Waals surface area contributed by atoms with Crippen LogP contribution in [0.4, 0.5) is 17.1 Å². The van der Waals surface area contributed by atoms with Crippen molar-refractivity contribution >= 4 is 17.1 Å². The first-order valence-electron chi connectivity index (χ1n) is 8.96. The molecule has 0 fully saturated rings. The van der Waals surface area contributed by atoms with E-state index in [0.717, 1.165) is 36.4 Å². The Morgan fingerprint density at radius 2 is 1.58 bits per heavy atom. The first-order chi connectivity index (χ1) is 11.6. The van der Waals surface area contributed by atoms with Crippen LogP contribution in [0.25, 0.3) is 0 Å². The van der Waals surface area contributed by atoms with Crippen molar-refractivity contribution in [2.24, 2.45) is 10.2 Å². The van der Waals surface area contributed by atoms with Crippen molar-refractivity contribution in [2.75, 3.05) is 18.0 Å². The minimum atomic E-state index is 0.589. The Morgan fingerprint density at radius 3 is 2.12 bits per heavy atom. The molecule has 3 heteroatoms. The zero-order valence-electron chi connectivity index (χ0n) is 15.6. The minimum Gasteiger partial charge on any atom is -0.372 e. The van der Waals surface area contributed by atoms with Gasteiger partial charge in [0.1, 0.15) is 0 Å². The highest BCUT2D eigenvalue weighted by molar-refractivity contribution is 5.57. The molecule has 1 atom stereocenters. The van der Waals surface area contributed by atoms with Crippen molar-refractivity contribution in [3.8, 4) is 0 Å². The summed E-state index contributed by atoms with van der Waals surface area (Å²) in [6, 6.07) is 14.8. The van der Waals surface area contributed by atoms with Crippen LogP contribution in [-0.4, -0.2) is 13.1 Å². The van der Waals surface area contributed by atoms with Gasteiger partial charge in [-0.25, -0.2) is 0 Å². The number of benzene rings is 2. The summed E-state index contributed by atoms with van der Waals surface area (Å²) < 4.78 is 0. The van der Waals surface area contributed by atoms with Gasteiger partial charge in [-0.05, 0) is 74.6 Å². The molecule has 0 aromatic heterocycles. The lowest BCUT2D eigenvalue weighted by Gasteiger charge is -2.21. The molecule has 0 amide bonds. The molecular formula is C21H29N3. The summed E-state index contributed by atoms with van der Waals surface area (Å²) in [6.07, 6.45) is 1.15. The number of hydrogen-bond donors (Lipinski definition) is 0. The number of nitrogens with zero attached hydrogens (tertiary/aromatic N) is 3. The SMILES string of the molecule is CCC(C)c1ccc(N=Nc2ccc(N(CC)CC)cc2C)cc1. The summed E-state index contributed by atoms with van der Waals surface area (Å²) in [5.74, 6) is 0.589. The lowest BCUT2D eigenvalue weighted by molar-refractivity contribution is 0.733. The van der Waals surface area contributed by atoms with Crippen molar-refractivity contribution in [1.82, 2.24) is 0 Å². The molecule has 0 aliphatic rings. The number of azo groups is 1. The lowest BCUT2D eigenvalue weighted by atomic mass is 9.99. The van der Waals surface area contributed by atoms with Gasteiger partial charge in [0.25, 0.3) is 0 Å². The van der Waals surface area contributed by atoms with Gasteiger partial charge in [0, 0.05) is 18.8 Å². The summed E-state index contributed by atoms with van der Waals surface area (Å²) in [7, 11) is 0. The van der Waals surface area contributed by atoms with Crippen LogP contribution in [0.1, 0.15) is 51.2 Å². The highest BCUT2D eigenvalue weighted by Crippen LogP contribution is 2.27. The second-order valence-electron chi connectivity index (χ2n) is 6.24. The van der Waals surface area contributed by atoms with E-state index < -0.39 is 0 Å². The molecule has 128 valence electrons. The molecule has 1 unspecified atom stereocenters. The maximum Gasteiger partial charge on any atom is 0.0887 e. The van der Waals surface area contributed by atoms with Crippen LogP contribution in [0.5, 0.6) is 0 Å². The predicted octanol–water partition coefficient (Wildman–Crippen LogP) is 6.77. The molecule has 2 aromatic rings. The molecule has 2 rings (SSSR count). The van der Waals surface area contributed by atoms with Crippen LogP contribution < -0.4 is 4.90 Å². The fourth-order valence-corrected chi connectivity index (χ4v) is 2.75. The van der Waals surface area contributed by atoms with Crippen LogP contribution in [-0.2, 0) is 0 Å². The highest BCUT2D eigenvalue weighted by Gasteiger charge is 2.05. The van der Waals surface area contributed by atoms with E-state index in [4.69, 9.17) is 0 Å².